The van der Waals surface area contributed by atoms with E-state index in [9.17, 15) is 9.59 Å². The smallest absolute Gasteiger partial charge is 0.276 e. The Bertz CT molecular complexity index is 478. The molecule has 3 nitrogen and oxygen atoms in total. The topological polar surface area (TPSA) is 46.2 Å². The third-order valence-corrected chi connectivity index (χ3v) is 2.49. The van der Waals surface area contributed by atoms with Gasteiger partial charge in [-0.3, -0.25) is 9.59 Å². The summed E-state index contributed by atoms with van der Waals surface area (Å²) in [5.74, 6) is -1.04. The summed E-state index contributed by atoms with van der Waals surface area (Å²) in [5.41, 5.74) is 0.820. The maximum absolute atomic E-state index is 11.8. The molecule has 0 saturated carbocycles. The number of rotatable bonds is 3. The Morgan fingerprint density at radius 2 is 1.72 bits per heavy atom. The zero-order valence-electron chi connectivity index (χ0n) is 9.41. The summed E-state index contributed by atoms with van der Waals surface area (Å²) >= 11 is 16.2. The Hall–Kier alpha value is -1.03. The lowest BCUT2D eigenvalue weighted by Crippen LogP contribution is -2.33. The minimum atomic E-state index is -2.05. The number of benzene rings is 1. The van der Waals surface area contributed by atoms with Gasteiger partial charge in [0.25, 0.3) is 9.70 Å². The molecule has 0 bridgehead atoms. The van der Waals surface area contributed by atoms with Gasteiger partial charge in [0.1, 0.15) is 0 Å². The summed E-state index contributed by atoms with van der Waals surface area (Å²) in [5, 5.41) is 2.33. The zero-order chi connectivity index (χ0) is 13.8. The van der Waals surface area contributed by atoms with Crippen molar-refractivity contribution in [3.63, 3.8) is 0 Å². The van der Waals surface area contributed by atoms with E-state index in [4.69, 9.17) is 34.8 Å². The molecule has 0 atom stereocenters. The summed E-state index contributed by atoms with van der Waals surface area (Å²) in [6, 6.07) is 8.64. The Labute approximate surface area is 120 Å². The minimum Gasteiger partial charge on any atom is -0.326 e. The molecule has 18 heavy (non-hydrogen) atoms. The number of allylic oxidation sites excluding steroid dienone is 2. The third-order valence-electron chi connectivity index (χ3n) is 1.97. The molecule has 0 radical (unpaired) electrons. The second-order valence-corrected chi connectivity index (χ2v) is 5.79. The first-order valence-corrected chi connectivity index (χ1v) is 6.10. The fourth-order valence-corrected chi connectivity index (χ4v) is 1.31. The normalized spacial score (nSPS) is 12.1. The minimum absolute atomic E-state index is 0.238. The molecule has 1 rings (SSSR count). The van der Waals surface area contributed by atoms with E-state index < -0.39 is 9.70 Å². The summed E-state index contributed by atoms with van der Waals surface area (Å²) in [7, 11) is 0. The van der Waals surface area contributed by atoms with Crippen LogP contribution in [-0.2, 0) is 4.79 Å². The van der Waals surface area contributed by atoms with E-state index in [0.717, 1.165) is 0 Å². The van der Waals surface area contributed by atoms with Crippen molar-refractivity contribution < 1.29 is 9.59 Å². The fraction of sp³-hybridized carbons (Fsp3) is 0.167. The van der Waals surface area contributed by atoms with Gasteiger partial charge in [-0.2, -0.15) is 0 Å². The Morgan fingerprint density at radius 3 is 2.22 bits per heavy atom. The summed E-state index contributed by atoms with van der Waals surface area (Å²) in [6.45, 7) is 1.54. The van der Waals surface area contributed by atoms with Gasteiger partial charge in [-0.05, 0) is 6.92 Å². The van der Waals surface area contributed by atoms with Crippen LogP contribution in [0.5, 0.6) is 0 Å². The average Bonchev–Trinajstić information content (AvgIpc) is 2.28. The van der Waals surface area contributed by atoms with Crippen molar-refractivity contribution in [2.75, 3.05) is 0 Å². The highest BCUT2D eigenvalue weighted by Crippen LogP contribution is 2.26. The predicted octanol–water partition coefficient (Wildman–Crippen LogP) is 3.26. The van der Waals surface area contributed by atoms with Crippen molar-refractivity contribution in [1.82, 2.24) is 5.32 Å². The van der Waals surface area contributed by atoms with Crippen molar-refractivity contribution in [2.45, 2.75) is 10.7 Å². The molecule has 0 aliphatic rings. The number of amides is 1. The maximum atomic E-state index is 11.8. The van der Waals surface area contributed by atoms with Crippen LogP contribution in [-0.4, -0.2) is 15.5 Å². The molecule has 0 aromatic heterocycles. The first-order valence-electron chi connectivity index (χ1n) is 4.96. The van der Waals surface area contributed by atoms with Crippen LogP contribution in [0.25, 0.3) is 0 Å². The van der Waals surface area contributed by atoms with Crippen LogP contribution in [0, 0.1) is 0 Å². The number of carbonyl (C=O) groups is 2. The Kier molecular flexibility index (Phi) is 5.20. The highest BCUT2D eigenvalue weighted by molar-refractivity contribution is 6.76. The van der Waals surface area contributed by atoms with Crippen molar-refractivity contribution >= 4 is 46.5 Å². The molecule has 1 aromatic carbocycles. The molecule has 0 spiro atoms. The molecule has 0 aliphatic heterocycles. The van der Waals surface area contributed by atoms with Crippen LogP contribution in [0.1, 0.15) is 17.3 Å². The van der Waals surface area contributed by atoms with Gasteiger partial charge < -0.3 is 5.32 Å². The molecule has 0 aliphatic carbocycles. The maximum Gasteiger partial charge on any atom is 0.276 e. The summed E-state index contributed by atoms with van der Waals surface area (Å²) < 4.78 is -2.05. The van der Waals surface area contributed by atoms with E-state index in [-0.39, 0.29) is 5.78 Å². The molecule has 0 heterocycles. The number of halogens is 3. The van der Waals surface area contributed by atoms with Gasteiger partial charge in [-0.25, -0.2) is 0 Å². The lowest BCUT2D eigenvalue weighted by molar-refractivity contribution is -0.119. The first-order chi connectivity index (χ1) is 8.30. The first kappa shape index (κ1) is 15.0. The second kappa shape index (κ2) is 6.23. The van der Waals surface area contributed by atoms with Gasteiger partial charge in [-0.1, -0.05) is 65.1 Å². The van der Waals surface area contributed by atoms with E-state index in [1.54, 1.807) is 30.3 Å². The highest BCUT2D eigenvalue weighted by atomic mass is 35.6. The van der Waals surface area contributed by atoms with Gasteiger partial charge >= 0.3 is 0 Å². The SMILES string of the molecule is CC(=CC(=O)c1ccccc1)NC(=O)C(Cl)(Cl)Cl. The Morgan fingerprint density at radius 1 is 1.17 bits per heavy atom. The number of nitrogens with one attached hydrogen (secondary N) is 1. The average molecular weight is 307 g/mol. The largest absolute Gasteiger partial charge is 0.326 e. The molecular weight excluding hydrogens is 296 g/mol. The summed E-state index contributed by atoms with van der Waals surface area (Å²) in [4.78, 5) is 23.1. The number of hydrogen-bond donors (Lipinski definition) is 1. The van der Waals surface area contributed by atoms with E-state index in [1.807, 2.05) is 0 Å². The van der Waals surface area contributed by atoms with Crippen LogP contribution < -0.4 is 5.32 Å². The zero-order valence-corrected chi connectivity index (χ0v) is 11.7. The van der Waals surface area contributed by atoms with Crippen LogP contribution >= 0.6 is 34.8 Å². The molecule has 96 valence electrons. The fourth-order valence-electron chi connectivity index (χ4n) is 1.17. The molecule has 0 fully saturated rings. The molecule has 0 unspecified atom stereocenters. The van der Waals surface area contributed by atoms with Crippen molar-refractivity contribution in [3.8, 4) is 0 Å². The predicted molar refractivity (Wildman–Crippen MR) is 73.0 cm³/mol. The molecule has 1 amide bonds. The third kappa shape index (κ3) is 4.69. The molecule has 1 N–H and O–H groups in total. The standard InChI is InChI=1S/C12H10Cl3NO2/c1-8(16-11(18)12(13,14)15)7-10(17)9-5-3-2-4-6-9/h2-7H,1H3,(H,16,18). The van der Waals surface area contributed by atoms with Crippen molar-refractivity contribution in [1.29, 1.82) is 0 Å². The van der Waals surface area contributed by atoms with Crippen molar-refractivity contribution in [2.24, 2.45) is 0 Å². The van der Waals surface area contributed by atoms with E-state index >= 15 is 0 Å². The van der Waals surface area contributed by atoms with Crippen LogP contribution in [0.4, 0.5) is 0 Å². The molecular formula is C12H10Cl3NO2. The second-order valence-electron chi connectivity index (χ2n) is 3.51. The van der Waals surface area contributed by atoms with Crippen LogP contribution in [0.2, 0.25) is 0 Å². The number of carbonyl (C=O) groups excluding carboxylic acids is 2. The molecule has 0 saturated heterocycles. The number of alkyl halides is 3. The number of ketones is 1. The van der Waals surface area contributed by atoms with Crippen LogP contribution in [0.15, 0.2) is 42.1 Å². The van der Waals surface area contributed by atoms with E-state index in [1.165, 1.54) is 13.0 Å². The Balaban J connectivity index is 2.73. The summed E-state index contributed by atoms with van der Waals surface area (Å²) in [6.07, 6.45) is 1.27. The quantitative estimate of drug-likeness (QED) is 0.529. The monoisotopic (exact) mass is 305 g/mol. The van der Waals surface area contributed by atoms with Gasteiger partial charge in [-0.15, -0.1) is 0 Å². The van der Waals surface area contributed by atoms with Crippen molar-refractivity contribution in [3.05, 3.63) is 47.7 Å². The van der Waals surface area contributed by atoms with E-state index in [0.29, 0.717) is 11.3 Å². The van der Waals surface area contributed by atoms with Gasteiger partial charge in [0.05, 0.1) is 0 Å². The highest BCUT2D eigenvalue weighted by Gasteiger charge is 2.30. The lowest BCUT2D eigenvalue weighted by atomic mass is 10.1. The van der Waals surface area contributed by atoms with Gasteiger partial charge in [0.2, 0.25) is 0 Å². The van der Waals surface area contributed by atoms with E-state index in [2.05, 4.69) is 5.32 Å². The molecule has 6 heteroatoms. The molecule has 1 aromatic rings. The number of hydrogen-bond acceptors (Lipinski definition) is 2. The van der Waals surface area contributed by atoms with Gasteiger partial charge in [0, 0.05) is 17.3 Å². The van der Waals surface area contributed by atoms with Gasteiger partial charge in [0.15, 0.2) is 5.78 Å². The lowest BCUT2D eigenvalue weighted by Gasteiger charge is -2.11. The van der Waals surface area contributed by atoms with Crippen LogP contribution in [0.3, 0.4) is 0 Å².